The molecule has 0 fully saturated rings. The summed E-state index contributed by atoms with van der Waals surface area (Å²) in [5.74, 6) is 0.854. The second-order valence-electron chi connectivity index (χ2n) is 8.22. The summed E-state index contributed by atoms with van der Waals surface area (Å²) in [5, 5.41) is 10.6. The van der Waals surface area contributed by atoms with Gasteiger partial charge in [0.15, 0.2) is 11.5 Å². The van der Waals surface area contributed by atoms with Crippen molar-refractivity contribution in [2.24, 2.45) is 4.99 Å². The van der Waals surface area contributed by atoms with E-state index in [0.717, 1.165) is 38.9 Å². The van der Waals surface area contributed by atoms with Crippen LogP contribution in [0.25, 0.3) is 0 Å². The zero-order chi connectivity index (χ0) is 18.0. The summed E-state index contributed by atoms with van der Waals surface area (Å²) >= 11 is 3.56. The minimum absolute atomic E-state index is 0.121. The van der Waals surface area contributed by atoms with Crippen molar-refractivity contribution in [3.8, 4) is 11.5 Å². The van der Waals surface area contributed by atoms with Gasteiger partial charge in [0.25, 0.3) is 0 Å². The van der Waals surface area contributed by atoms with Gasteiger partial charge in [0.1, 0.15) is 5.60 Å². The van der Waals surface area contributed by atoms with Crippen molar-refractivity contribution in [3.63, 3.8) is 0 Å². The molecule has 1 N–H and O–H groups in total. The van der Waals surface area contributed by atoms with Crippen molar-refractivity contribution in [1.82, 2.24) is 0 Å². The fourth-order valence-electron chi connectivity index (χ4n) is 3.84. The quantitative estimate of drug-likeness (QED) is 0.732. The Kier molecular flexibility index (Phi) is 3.56. The molecule has 2 aromatic rings. The van der Waals surface area contributed by atoms with Gasteiger partial charge in [-0.3, -0.25) is 4.99 Å². The highest BCUT2D eigenvalue weighted by molar-refractivity contribution is 9.10. The zero-order valence-electron chi connectivity index (χ0n) is 15.0. The monoisotopic (exact) mass is 399 g/mol. The number of hydrogen-bond acceptors (Lipinski definition) is 3. The van der Waals surface area contributed by atoms with Crippen molar-refractivity contribution in [2.45, 2.75) is 45.1 Å². The molecule has 4 heteroatoms. The molecule has 25 heavy (non-hydrogen) atoms. The normalized spacial score (nSPS) is 19.6. The maximum atomic E-state index is 10.6. The Labute approximate surface area is 156 Å². The van der Waals surface area contributed by atoms with Gasteiger partial charge in [0.05, 0.1) is 5.71 Å². The highest BCUT2D eigenvalue weighted by Crippen LogP contribution is 2.48. The number of rotatable bonds is 1. The van der Waals surface area contributed by atoms with Gasteiger partial charge in [-0.1, -0.05) is 41.9 Å². The van der Waals surface area contributed by atoms with Crippen LogP contribution < -0.4 is 4.74 Å². The molecule has 0 unspecified atom stereocenters. The van der Waals surface area contributed by atoms with Gasteiger partial charge in [-0.05, 0) is 37.6 Å². The molecule has 0 aromatic heterocycles. The molecule has 2 aliphatic rings. The van der Waals surface area contributed by atoms with Gasteiger partial charge in [-0.2, -0.15) is 0 Å². The van der Waals surface area contributed by atoms with E-state index in [1.807, 2.05) is 18.2 Å². The Morgan fingerprint density at radius 2 is 1.92 bits per heavy atom. The average Bonchev–Trinajstić information content (AvgIpc) is 2.84. The van der Waals surface area contributed by atoms with Crippen LogP contribution in [-0.4, -0.2) is 23.0 Å². The van der Waals surface area contributed by atoms with E-state index in [-0.39, 0.29) is 16.8 Å². The Balaban J connectivity index is 2.00. The van der Waals surface area contributed by atoms with E-state index in [0.29, 0.717) is 12.3 Å². The lowest BCUT2D eigenvalue weighted by molar-refractivity contribution is 0.134. The lowest BCUT2D eigenvalue weighted by Gasteiger charge is -2.33. The van der Waals surface area contributed by atoms with E-state index in [9.17, 15) is 5.11 Å². The van der Waals surface area contributed by atoms with Crippen LogP contribution in [0, 0.1) is 0 Å². The summed E-state index contributed by atoms with van der Waals surface area (Å²) in [4.78, 5) is 4.95. The summed E-state index contributed by atoms with van der Waals surface area (Å²) in [6.45, 7) is 9.18. The summed E-state index contributed by atoms with van der Waals surface area (Å²) in [5.41, 5.74) is 4.99. The summed E-state index contributed by atoms with van der Waals surface area (Å²) in [7, 11) is 0. The Morgan fingerprint density at radius 1 is 1.16 bits per heavy atom. The molecule has 4 rings (SSSR count). The molecular weight excluding hydrogens is 378 g/mol. The minimum Gasteiger partial charge on any atom is -0.504 e. The van der Waals surface area contributed by atoms with E-state index < -0.39 is 0 Å². The van der Waals surface area contributed by atoms with Crippen molar-refractivity contribution in [3.05, 3.63) is 57.1 Å². The largest absolute Gasteiger partial charge is 0.504 e. The number of fused-ring (bicyclic) bond motifs is 3. The first-order valence-electron chi connectivity index (χ1n) is 8.57. The van der Waals surface area contributed by atoms with Gasteiger partial charge >= 0.3 is 0 Å². The number of aromatic hydroxyl groups is 1. The highest BCUT2D eigenvalue weighted by atomic mass is 79.9. The molecule has 0 radical (unpaired) electrons. The molecule has 2 aliphatic heterocycles. The van der Waals surface area contributed by atoms with Gasteiger partial charge < -0.3 is 9.84 Å². The standard InChI is InChI=1S/C21H22BrNO2/c1-20(2)11-23-18(12-6-5-7-13(22)8-12)17-14-10-21(3,4)25-19(14)16(24)9-15(17)20/h5-9,24H,10-11H2,1-4H3. The number of halogens is 1. The third-order valence-corrected chi connectivity index (χ3v) is 5.53. The highest BCUT2D eigenvalue weighted by Gasteiger charge is 2.40. The molecule has 0 aliphatic carbocycles. The Bertz CT molecular complexity index is 912. The number of benzene rings is 2. The fraction of sp³-hybridized carbons (Fsp3) is 0.381. The van der Waals surface area contributed by atoms with Gasteiger partial charge in [-0.15, -0.1) is 0 Å². The summed E-state index contributed by atoms with van der Waals surface area (Å²) < 4.78 is 7.09. The first-order valence-corrected chi connectivity index (χ1v) is 9.36. The van der Waals surface area contributed by atoms with Crippen LogP contribution in [0.1, 0.15) is 49.9 Å². The van der Waals surface area contributed by atoms with Crippen molar-refractivity contribution >= 4 is 21.6 Å². The van der Waals surface area contributed by atoms with Gasteiger partial charge in [0.2, 0.25) is 0 Å². The third kappa shape index (κ3) is 2.67. The van der Waals surface area contributed by atoms with Crippen LogP contribution in [0.3, 0.4) is 0 Å². The number of aliphatic imine (C=N–C) groups is 1. The average molecular weight is 400 g/mol. The van der Waals surface area contributed by atoms with E-state index in [4.69, 9.17) is 9.73 Å². The number of hydrogen-bond donors (Lipinski definition) is 1. The van der Waals surface area contributed by atoms with Crippen LogP contribution in [0.2, 0.25) is 0 Å². The molecule has 130 valence electrons. The van der Waals surface area contributed by atoms with Crippen molar-refractivity contribution in [2.75, 3.05) is 6.54 Å². The lowest BCUT2D eigenvalue weighted by atomic mass is 9.75. The van der Waals surface area contributed by atoms with E-state index in [1.54, 1.807) is 0 Å². The first kappa shape index (κ1) is 16.6. The van der Waals surface area contributed by atoms with Gasteiger partial charge in [-0.25, -0.2) is 0 Å². The van der Waals surface area contributed by atoms with Crippen molar-refractivity contribution < 1.29 is 9.84 Å². The van der Waals surface area contributed by atoms with E-state index in [1.165, 1.54) is 0 Å². The molecular formula is C21H22BrNO2. The molecule has 0 bridgehead atoms. The lowest BCUT2D eigenvalue weighted by Crippen LogP contribution is -2.31. The smallest absolute Gasteiger partial charge is 0.165 e. The maximum absolute atomic E-state index is 10.6. The van der Waals surface area contributed by atoms with Crippen LogP contribution in [0.15, 0.2) is 39.8 Å². The summed E-state index contributed by atoms with van der Waals surface area (Å²) in [6, 6.07) is 10.1. The van der Waals surface area contributed by atoms with Crippen LogP contribution in [0.4, 0.5) is 0 Å². The first-order chi connectivity index (χ1) is 11.7. The molecule has 3 nitrogen and oxygen atoms in total. The summed E-state index contributed by atoms with van der Waals surface area (Å²) in [6.07, 6.45) is 0.766. The Morgan fingerprint density at radius 3 is 2.64 bits per heavy atom. The van der Waals surface area contributed by atoms with Crippen molar-refractivity contribution in [1.29, 1.82) is 0 Å². The van der Waals surface area contributed by atoms with Crippen LogP contribution >= 0.6 is 15.9 Å². The molecule has 2 heterocycles. The predicted octanol–water partition coefficient (Wildman–Crippen LogP) is 5.00. The maximum Gasteiger partial charge on any atom is 0.165 e. The molecule has 0 saturated heterocycles. The van der Waals surface area contributed by atoms with Gasteiger partial charge in [0, 0.05) is 39.5 Å². The fourth-order valence-corrected chi connectivity index (χ4v) is 4.24. The predicted molar refractivity (Wildman–Crippen MR) is 104 cm³/mol. The van der Waals surface area contributed by atoms with E-state index >= 15 is 0 Å². The third-order valence-electron chi connectivity index (χ3n) is 5.04. The SMILES string of the molecule is CC1(C)Cc2c(c(O)cc3c2C(c2cccc(Br)c2)=NCC3(C)C)O1. The molecule has 2 aromatic carbocycles. The second-order valence-corrected chi connectivity index (χ2v) is 9.14. The second kappa shape index (κ2) is 5.34. The minimum atomic E-state index is -0.321. The Hall–Kier alpha value is -1.81. The van der Waals surface area contributed by atoms with Crippen LogP contribution in [0.5, 0.6) is 11.5 Å². The number of phenolic OH excluding ortho intramolecular Hbond substituents is 1. The number of phenols is 1. The topological polar surface area (TPSA) is 41.8 Å². The molecule has 0 atom stereocenters. The number of ether oxygens (including phenoxy) is 1. The van der Waals surface area contributed by atoms with Crippen LogP contribution in [-0.2, 0) is 11.8 Å². The molecule has 0 spiro atoms. The van der Waals surface area contributed by atoms with E-state index in [2.05, 4.69) is 55.8 Å². The zero-order valence-corrected chi connectivity index (χ0v) is 16.6. The number of nitrogens with zero attached hydrogens (tertiary/aromatic N) is 1. The molecule has 0 saturated carbocycles. The molecule has 0 amide bonds.